The number of amides is 1. The van der Waals surface area contributed by atoms with E-state index >= 15 is 0 Å². The predicted molar refractivity (Wildman–Crippen MR) is 46.7 cm³/mol. The molecule has 3 atom stereocenters. The van der Waals surface area contributed by atoms with E-state index in [-0.39, 0.29) is 11.9 Å². The highest BCUT2D eigenvalue weighted by Gasteiger charge is 2.35. The molecular weight excluding hydrogens is 152 g/mol. The first-order chi connectivity index (χ1) is 5.77. The summed E-state index contributed by atoms with van der Waals surface area (Å²) in [6.45, 7) is 3.17. The van der Waals surface area contributed by atoms with E-state index in [1.807, 2.05) is 0 Å². The van der Waals surface area contributed by atoms with Crippen LogP contribution < -0.4 is 10.6 Å². The molecule has 3 nitrogen and oxygen atoms in total. The molecule has 2 rings (SSSR count). The second-order valence-electron chi connectivity index (χ2n) is 3.98. The molecule has 1 saturated carbocycles. The molecule has 1 heterocycles. The normalized spacial score (nSPS) is 39.6. The molecule has 12 heavy (non-hydrogen) atoms. The number of carbonyl (C=O) groups excluding carboxylic acids is 1. The monoisotopic (exact) mass is 168 g/mol. The molecule has 2 N–H and O–H groups in total. The van der Waals surface area contributed by atoms with Gasteiger partial charge in [0, 0.05) is 6.04 Å². The van der Waals surface area contributed by atoms with Crippen molar-refractivity contribution in [1.82, 2.24) is 10.6 Å². The first-order valence-electron chi connectivity index (χ1n) is 4.81. The highest BCUT2D eigenvalue weighted by molar-refractivity contribution is 5.82. The van der Waals surface area contributed by atoms with Crippen molar-refractivity contribution in [3.05, 3.63) is 0 Å². The summed E-state index contributed by atoms with van der Waals surface area (Å²) < 4.78 is 0. The largest absolute Gasteiger partial charge is 0.352 e. The van der Waals surface area contributed by atoms with Crippen molar-refractivity contribution in [3.63, 3.8) is 0 Å². The van der Waals surface area contributed by atoms with Crippen LogP contribution >= 0.6 is 0 Å². The van der Waals surface area contributed by atoms with Gasteiger partial charge >= 0.3 is 0 Å². The van der Waals surface area contributed by atoms with Gasteiger partial charge in [-0.2, -0.15) is 0 Å². The average molecular weight is 168 g/mol. The van der Waals surface area contributed by atoms with Crippen LogP contribution in [-0.4, -0.2) is 24.5 Å². The lowest BCUT2D eigenvalue weighted by atomic mass is 10.2. The first kappa shape index (κ1) is 8.05. The Labute approximate surface area is 72.9 Å². The SMILES string of the molecule is CC1CC1NC(=O)[C@H]1CCCN1. The predicted octanol–water partition coefficient (Wildman–Crippen LogP) is 0.263. The van der Waals surface area contributed by atoms with Crippen LogP contribution in [0.1, 0.15) is 26.2 Å². The van der Waals surface area contributed by atoms with E-state index in [9.17, 15) is 4.79 Å². The number of hydrogen-bond donors (Lipinski definition) is 2. The van der Waals surface area contributed by atoms with E-state index in [2.05, 4.69) is 17.6 Å². The fourth-order valence-corrected chi connectivity index (χ4v) is 1.71. The van der Waals surface area contributed by atoms with E-state index in [0.717, 1.165) is 19.4 Å². The molecule has 3 heteroatoms. The molecule has 0 aromatic heterocycles. The van der Waals surface area contributed by atoms with Crippen LogP contribution in [0.4, 0.5) is 0 Å². The maximum absolute atomic E-state index is 11.5. The standard InChI is InChI=1S/C9H16N2O/c1-6-5-8(6)11-9(12)7-3-2-4-10-7/h6-8,10H,2-5H2,1H3,(H,11,12)/t6?,7-,8?/m1/s1. The van der Waals surface area contributed by atoms with Gasteiger partial charge in [-0.15, -0.1) is 0 Å². The number of nitrogens with one attached hydrogen (secondary N) is 2. The molecular formula is C9H16N2O. The van der Waals surface area contributed by atoms with Gasteiger partial charge < -0.3 is 10.6 Å². The molecule has 0 spiro atoms. The van der Waals surface area contributed by atoms with Crippen molar-refractivity contribution in [3.8, 4) is 0 Å². The third-order valence-corrected chi connectivity index (χ3v) is 2.81. The molecule has 0 aromatic carbocycles. The minimum Gasteiger partial charge on any atom is -0.352 e. The van der Waals surface area contributed by atoms with E-state index in [1.165, 1.54) is 6.42 Å². The Hall–Kier alpha value is -0.570. The van der Waals surface area contributed by atoms with Gasteiger partial charge in [0.25, 0.3) is 0 Å². The van der Waals surface area contributed by atoms with Gasteiger partial charge in [0.1, 0.15) is 0 Å². The topological polar surface area (TPSA) is 41.1 Å². The summed E-state index contributed by atoms with van der Waals surface area (Å²) in [4.78, 5) is 11.5. The summed E-state index contributed by atoms with van der Waals surface area (Å²) in [5.74, 6) is 0.914. The second kappa shape index (κ2) is 3.05. The van der Waals surface area contributed by atoms with Gasteiger partial charge in [0.15, 0.2) is 0 Å². The Morgan fingerprint density at radius 2 is 2.33 bits per heavy atom. The van der Waals surface area contributed by atoms with Crippen molar-refractivity contribution < 1.29 is 4.79 Å². The van der Waals surface area contributed by atoms with E-state index in [0.29, 0.717) is 12.0 Å². The van der Waals surface area contributed by atoms with Crippen LogP contribution in [0.3, 0.4) is 0 Å². The lowest BCUT2D eigenvalue weighted by Gasteiger charge is -2.09. The molecule has 2 fully saturated rings. The molecule has 1 aliphatic heterocycles. The highest BCUT2D eigenvalue weighted by Crippen LogP contribution is 2.29. The zero-order valence-corrected chi connectivity index (χ0v) is 7.47. The van der Waals surface area contributed by atoms with Crippen LogP contribution in [0.5, 0.6) is 0 Å². The van der Waals surface area contributed by atoms with Crippen LogP contribution in [0.15, 0.2) is 0 Å². The summed E-state index contributed by atoms with van der Waals surface area (Å²) in [6, 6.07) is 0.567. The van der Waals surface area contributed by atoms with Crippen LogP contribution in [0.2, 0.25) is 0 Å². The summed E-state index contributed by atoms with van der Waals surface area (Å²) in [7, 11) is 0. The Bertz CT molecular complexity index is 187. The summed E-state index contributed by atoms with van der Waals surface area (Å²) in [5, 5.41) is 6.24. The van der Waals surface area contributed by atoms with Gasteiger partial charge in [-0.3, -0.25) is 4.79 Å². The van der Waals surface area contributed by atoms with Crippen LogP contribution in [0.25, 0.3) is 0 Å². The minimum atomic E-state index is 0.0952. The Morgan fingerprint density at radius 1 is 1.58 bits per heavy atom. The van der Waals surface area contributed by atoms with Crippen molar-refractivity contribution in [2.24, 2.45) is 5.92 Å². The number of hydrogen-bond acceptors (Lipinski definition) is 2. The maximum atomic E-state index is 11.5. The van der Waals surface area contributed by atoms with Gasteiger partial charge in [0.05, 0.1) is 6.04 Å². The molecule has 1 amide bonds. The molecule has 2 aliphatic rings. The van der Waals surface area contributed by atoms with Gasteiger partial charge in [0.2, 0.25) is 5.91 Å². The Kier molecular flexibility index (Phi) is 2.05. The average Bonchev–Trinajstić information content (AvgIpc) is 2.58. The summed E-state index contributed by atoms with van der Waals surface area (Å²) >= 11 is 0. The zero-order valence-electron chi connectivity index (χ0n) is 7.47. The molecule has 1 saturated heterocycles. The molecule has 68 valence electrons. The van der Waals surface area contributed by atoms with Crippen LogP contribution in [0, 0.1) is 5.92 Å². The van der Waals surface area contributed by atoms with Crippen molar-refractivity contribution in [2.45, 2.75) is 38.3 Å². The number of carbonyl (C=O) groups is 1. The Balaban J connectivity index is 1.76. The van der Waals surface area contributed by atoms with E-state index in [4.69, 9.17) is 0 Å². The molecule has 0 aromatic rings. The zero-order chi connectivity index (χ0) is 8.55. The number of rotatable bonds is 2. The van der Waals surface area contributed by atoms with Crippen molar-refractivity contribution in [1.29, 1.82) is 0 Å². The smallest absolute Gasteiger partial charge is 0.237 e. The second-order valence-corrected chi connectivity index (χ2v) is 3.98. The first-order valence-corrected chi connectivity index (χ1v) is 4.81. The lowest BCUT2D eigenvalue weighted by molar-refractivity contribution is -0.123. The van der Waals surface area contributed by atoms with E-state index in [1.54, 1.807) is 0 Å². The Morgan fingerprint density at radius 3 is 2.83 bits per heavy atom. The van der Waals surface area contributed by atoms with Gasteiger partial charge in [-0.05, 0) is 31.7 Å². The molecule has 1 aliphatic carbocycles. The quantitative estimate of drug-likeness (QED) is 0.621. The van der Waals surface area contributed by atoms with E-state index < -0.39 is 0 Å². The van der Waals surface area contributed by atoms with Crippen molar-refractivity contribution >= 4 is 5.91 Å². The van der Waals surface area contributed by atoms with Gasteiger partial charge in [-0.25, -0.2) is 0 Å². The van der Waals surface area contributed by atoms with Crippen molar-refractivity contribution in [2.75, 3.05) is 6.54 Å². The molecule has 0 radical (unpaired) electrons. The van der Waals surface area contributed by atoms with Gasteiger partial charge in [-0.1, -0.05) is 6.92 Å². The maximum Gasteiger partial charge on any atom is 0.237 e. The minimum absolute atomic E-state index is 0.0952. The third-order valence-electron chi connectivity index (χ3n) is 2.81. The fraction of sp³-hybridized carbons (Fsp3) is 0.889. The lowest BCUT2D eigenvalue weighted by Crippen LogP contribution is -2.41. The molecule has 0 bridgehead atoms. The third kappa shape index (κ3) is 1.61. The molecule has 2 unspecified atom stereocenters. The summed E-state index contributed by atoms with van der Waals surface area (Å²) in [6.07, 6.45) is 3.31. The highest BCUT2D eigenvalue weighted by atomic mass is 16.2. The van der Waals surface area contributed by atoms with Crippen LogP contribution in [-0.2, 0) is 4.79 Å². The summed E-state index contributed by atoms with van der Waals surface area (Å²) in [5.41, 5.74) is 0. The fourth-order valence-electron chi connectivity index (χ4n) is 1.71.